The number of ether oxygens (including phenoxy) is 2. The van der Waals surface area contributed by atoms with Gasteiger partial charge in [-0.3, -0.25) is 4.99 Å². The van der Waals surface area contributed by atoms with Crippen LogP contribution in [0.3, 0.4) is 0 Å². The molecule has 0 aliphatic rings. The standard InChI is InChI=1S/C14H20F3N3O2.HI/c1-2-21-10-4-3-9-19-13(18)20-11-5-7-12(8-6-11)22-14(15,16)17;/h5-8H,2-4,9-10H2,1H3,(H3,18,19,20);1H. The van der Waals surface area contributed by atoms with Gasteiger partial charge in [-0.1, -0.05) is 0 Å². The summed E-state index contributed by atoms with van der Waals surface area (Å²) < 4.78 is 45.0. The number of aliphatic imine (C=N–C) groups is 1. The highest BCUT2D eigenvalue weighted by Crippen LogP contribution is 2.23. The van der Waals surface area contributed by atoms with Crippen LogP contribution in [0.25, 0.3) is 0 Å². The minimum atomic E-state index is -4.70. The van der Waals surface area contributed by atoms with Crippen molar-refractivity contribution in [1.29, 1.82) is 0 Å². The quantitative estimate of drug-likeness (QED) is 0.276. The molecule has 0 aliphatic heterocycles. The van der Waals surface area contributed by atoms with Gasteiger partial charge in [0, 0.05) is 25.4 Å². The fraction of sp³-hybridized carbons (Fsp3) is 0.500. The maximum Gasteiger partial charge on any atom is 0.573 e. The van der Waals surface area contributed by atoms with Crippen LogP contribution in [0.1, 0.15) is 19.8 Å². The Morgan fingerprint density at radius 1 is 1.22 bits per heavy atom. The number of hydrogen-bond acceptors (Lipinski definition) is 3. The van der Waals surface area contributed by atoms with Gasteiger partial charge in [0.25, 0.3) is 0 Å². The molecule has 3 N–H and O–H groups in total. The number of rotatable bonds is 8. The average molecular weight is 447 g/mol. The Bertz CT molecular complexity index is 467. The molecule has 0 aliphatic carbocycles. The van der Waals surface area contributed by atoms with Gasteiger partial charge in [0.1, 0.15) is 5.75 Å². The molecule has 9 heteroatoms. The summed E-state index contributed by atoms with van der Waals surface area (Å²) >= 11 is 0. The molecule has 0 aromatic heterocycles. The van der Waals surface area contributed by atoms with E-state index in [4.69, 9.17) is 10.5 Å². The average Bonchev–Trinajstić information content (AvgIpc) is 2.43. The van der Waals surface area contributed by atoms with Crippen LogP contribution in [0.5, 0.6) is 5.75 Å². The van der Waals surface area contributed by atoms with E-state index in [1.54, 1.807) is 0 Å². The van der Waals surface area contributed by atoms with E-state index < -0.39 is 6.36 Å². The number of benzene rings is 1. The lowest BCUT2D eigenvalue weighted by Crippen LogP contribution is -2.23. The molecule has 0 atom stereocenters. The number of guanidine groups is 1. The number of alkyl halides is 3. The monoisotopic (exact) mass is 447 g/mol. The number of unbranched alkanes of at least 4 members (excludes halogenated alkanes) is 1. The highest BCUT2D eigenvalue weighted by atomic mass is 127. The number of anilines is 1. The highest BCUT2D eigenvalue weighted by molar-refractivity contribution is 14.0. The van der Waals surface area contributed by atoms with Crippen molar-refractivity contribution in [1.82, 2.24) is 0 Å². The number of nitrogens with two attached hydrogens (primary N) is 1. The molecule has 0 spiro atoms. The molecule has 0 amide bonds. The van der Waals surface area contributed by atoms with Crippen molar-refractivity contribution in [3.05, 3.63) is 24.3 Å². The summed E-state index contributed by atoms with van der Waals surface area (Å²) in [6.07, 6.45) is -2.95. The second-order valence-corrected chi connectivity index (χ2v) is 4.37. The van der Waals surface area contributed by atoms with Crippen molar-refractivity contribution in [3.8, 4) is 5.75 Å². The number of halogens is 4. The van der Waals surface area contributed by atoms with Crippen molar-refractivity contribution in [2.75, 3.05) is 25.1 Å². The molecule has 0 heterocycles. The molecule has 0 bridgehead atoms. The Labute approximate surface area is 150 Å². The second-order valence-electron chi connectivity index (χ2n) is 4.37. The van der Waals surface area contributed by atoms with Crippen LogP contribution in [-0.4, -0.2) is 32.1 Å². The Morgan fingerprint density at radius 2 is 1.87 bits per heavy atom. The molecule has 1 aromatic carbocycles. The summed E-state index contributed by atoms with van der Waals surface area (Å²) in [7, 11) is 0. The number of nitrogens with one attached hydrogen (secondary N) is 1. The molecule has 0 radical (unpaired) electrons. The van der Waals surface area contributed by atoms with E-state index in [2.05, 4.69) is 15.0 Å². The minimum Gasteiger partial charge on any atom is -0.406 e. The van der Waals surface area contributed by atoms with Crippen LogP contribution >= 0.6 is 24.0 Å². The van der Waals surface area contributed by atoms with Crippen molar-refractivity contribution in [2.45, 2.75) is 26.1 Å². The number of nitrogens with zero attached hydrogens (tertiary/aromatic N) is 1. The molecule has 0 saturated carbocycles. The fourth-order valence-electron chi connectivity index (χ4n) is 1.59. The molecule has 1 aromatic rings. The van der Waals surface area contributed by atoms with Gasteiger partial charge in [0.15, 0.2) is 5.96 Å². The van der Waals surface area contributed by atoms with Crippen LogP contribution in [0.4, 0.5) is 18.9 Å². The van der Waals surface area contributed by atoms with E-state index in [1.807, 2.05) is 6.92 Å². The first-order chi connectivity index (χ1) is 10.4. The third-order valence-electron chi connectivity index (χ3n) is 2.54. The first kappa shape index (κ1) is 21.8. The summed E-state index contributed by atoms with van der Waals surface area (Å²) in [6.45, 7) is 3.88. The van der Waals surface area contributed by atoms with Crippen molar-refractivity contribution in [3.63, 3.8) is 0 Å². The lowest BCUT2D eigenvalue weighted by Gasteiger charge is -2.10. The largest absolute Gasteiger partial charge is 0.573 e. The van der Waals surface area contributed by atoms with Crippen LogP contribution in [0.15, 0.2) is 29.3 Å². The third-order valence-corrected chi connectivity index (χ3v) is 2.54. The van der Waals surface area contributed by atoms with Gasteiger partial charge in [-0.15, -0.1) is 37.1 Å². The van der Waals surface area contributed by atoms with Crippen LogP contribution in [-0.2, 0) is 4.74 Å². The molecule has 0 fully saturated rings. The van der Waals surface area contributed by atoms with Gasteiger partial charge in [-0.2, -0.15) is 0 Å². The Balaban J connectivity index is 0.00000484. The predicted molar refractivity (Wildman–Crippen MR) is 94.4 cm³/mol. The van der Waals surface area contributed by atoms with E-state index in [1.165, 1.54) is 24.3 Å². The van der Waals surface area contributed by atoms with Crippen molar-refractivity contribution in [2.24, 2.45) is 10.7 Å². The maximum absolute atomic E-state index is 12.0. The first-order valence-electron chi connectivity index (χ1n) is 6.91. The smallest absolute Gasteiger partial charge is 0.406 e. The molecule has 0 unspecified atom stereocenters. The lowest BCUT2D eigenvalue weighted by molar-refractivity contribution is -0.274. The zero-order valence-electron chi connectivity index (χ0n) is 12.7. The molecule has 0 saturated heterocycles. The maximum atomic E-state index is 12.0. The van der Waals surface area contributed by atoms with Gasteiger partial charge in [0.2, 0.25) is 0 Å². The van der Waals surface area contributed by atoms with E-state index in [0.717, 1.165) is 12.8 Å². The van der Waals surface area contributed by atoms with Crippen LogP contribution in [0.2, 0.25) is 0 Å². The van der Waals surface area contributed by atoms with Crippen molar-refractivity contribution >= 4 is 35.6 Å². The van der Waals surface area contributed by atoms with E-state index >= 15 is 0 Å². The summed E-state index contributed by atoms with van der Waals surface area (Å²) in [4.78, 5) is 4.12. The van der Waals surface area contributed by atoms with E-state index in [9.17, 15) is 13.2 Å². The third kappa shape index (κ3) is 11.0. The summed E-state index contributed by atoms with van der Waals surface area (Å²) in [5, 5.41) is 2.79. The van der Waals surface area contributed by atoms with Gasteiger partial charge >= 0.3 is 6.36 Å². The van der Waals surface area contributed by atoms with E-state index in [-0.39, 0.29) is 35.7 Å². The Kier molecular flexibility index (Phi) is 10.7. The summed E-state index contributed by atoms with van der Waals surface area (Å²) in [5.74, 6) is -0.0783. The van der Waals surface area contributed by atoms with E-state index in [0.29, 0.717) is 25.4 Å². The normalized spacial score (nSPS) is 11.7. The summed E-state index contributed by atoms with van der Waals surface area (Å²) in [6, 6.07) is 5.26. The van der Waals surface area contributed by atoms with Gasteiger partial charge < -0.3 is 20.5 Å². The molecular formula is C14H21F3IN3O2. The summed E-state index contributed by atoms with van der Waals surface area (Å²) in [5.41, 5.74) is 6.22. The topological polar surface area (TPSA) is 68.9 Å². The van der Waals surface area contributed by atoms with Gasteiger partial charge in [-0.05, 0) is 44.0 Å². The SMILES string of the molecule is CCOCCCCN=C(N)Nc1ccc(OC(F)(F)F)cc1.I. The zero-order chi connectivity index (χ0) is 16.4. The van der Waals surface area contributed by atoms with Crippen LogP contribution < -0.4 is 15.8 Å². The molecule has 5 nitrogen and oxygen atoms in total. The highest BCUT2D eigenvalue weighted by Gasteiger charge is 2.30. The second kappa shape index (κ2) is 11.3. The minimum absolute atomic E-state index is 0. The lowest BCUT2D eigenvalue weighted by atomic mass is 10.3. The van der Waals surface area contributed by atoms with Gasteiger partial charge in [-0.25, -0.2) is 0 Å². The molecule has 132 valence electrons. The van der Waals surface area contributed by atoms with Crippen molar-refractivity contribution < 1.29 is 22.6 Å². The van der Waals surface area contributed by atoms with Crippen LogP contribution in [0, 0.1) is 0 Å². The zero-order valence-corrected chi connectivity index (χ0v) is 15.1. The van der Waals surface area contributed by atoms with Gasteiger partial charge in [0.05, 0.1) is 0 Å². The predicted octanol–water partition coefficient (Wildman–Crippen LogP) is 3.75. The fourth-order valence-corrected chi connectivity index (χ4v) is 1.59. The molecular weight excluding hydrogens is 426 g/mol. The first-order valence-corrected chi connectivity index (χ1v) is 6.91. The Hall–Kier alpha value is -1.23. The Morgan fingerprint density at radius 3 is 2.43 bits per heavy atom. The number of hydrogen-bond donors (Lipinski definition) is 2. The molecule has 1 rings (SSSR count). The molecule has 23 heavy (non-hydrogen) atoms.